The Morgan fingerprint density at radius 1 is 1.29 bits per heavy atom. The maximum absolute atomic E-state index is 5.90. The smallest absolute Gasteiger partial charge is 0.0705 e. The highest BCUT2D eigenvalue weighted by molar-refractivity contribution is 5.79. The summed E-state index contributed by atoms with van der Waals surface area (Å²) in [6, 6.07) is 10.9. The lowest BCUT2D eigenvalue weighted by atomic mass is 9.87. The third-order valence-electron chi connectivity index (χ3n) is 4.80. The van der Waals surface area contributed by atoms with E-state index in [9.17, 15) is 0 Å². The van der Waals surface area contributed by atoms with Crippen molar-refractivity contribution < 1.29 is 0 Å². The van der Waals surface area contributed by atoms with Crippen LogP contribution in [0.15, 0.2) is 30.3 Å². The van der Waals surface area contributed by atoms with Gasteiger partial charge in [0.25, 0.3) is 0 Å². The van der Waals surface area contributed by atoms with Crippen molar-refractivity contribution in [2.45, 2.75) is 26.8 Å². The van der Waals surface area contributed by atoms with Crippen LogP contribution in [0.1, 0.15) is 24.6 Å². The zero-order valence-corrected chi connectivity index (χ0v) is 13.0. The Labute approximate surface area is 127 Å². The van der Waals surface area contributed by atoms with Crippen LogP contribution in [0.3, 0.4) is 0 Å². The van der Waals surface area contributed by atoms with Crippen LogP contribution in [0.2, 0.25) is 0 Å². The van der Waals surface area contributed by atoms with Gasteiger partial charge in [-0.3, -0.25) is 9.88 Å². The molecule has 1 aromatic heterocycles. The summed E-state index contributed by atoms with van der Waals surface area (Å²) in [5.41, 5.74) is 9.44. The SMILES string of the molecule is Cc1ccc2cc(CN3CCC(C)C(CN)C3)ccc2n1. The molecule has 2 heterocycles. The van der Waals surface area contributed by atoms with E-state index in [4.69, 9.17) is 5.73 Å². The van der Waals surface area contributed by atoms with Crippen molar-refractivity contribution in [1.29, 1.82) is 0 Å². The van der Waals surface area contributed by atoms with Crippen molar-refractivity contribution in [2.75, 3.05) is 19.6 Å². The number of piperidine rings is 1. The molecule has 2 aromatic rings. The van der Waals surface area contributed by atoms with Crippen LogP contribution in [0.4, 0.5) is 0 Å². The first-order valence-electron chi connectivity index (χ1n) is 7.94. The van der Waals surface area contributed by atoms with Gasteiger partial charge in [0, 0.05) is 24.2 Å². The highest BCUT2D eigenvalue weighted by atomic mass is 15.1. The molecule has 2 atom stereocenters. The predicted octanol–water partition coefficient (Wildman–Crippen LogP) is 2.96. The molecular formula is C18H25N3. The molecule has 0 radical (unpaired) electrons. The number of hydrogen-bond acceptors (Lipinski definition) is 3. The maximum atomic E-state index is 5.90. The van der Waals surface area contributed by atoms with E-state index in [0.29, 0.717) is 5.92 Å². The van der Waals surface area contributed by atoms with Crippen LogP contribution in [0.5, 0.6) is 0 Å². The highest BCUT2D eigenvalue weighted by Crippen LogP contribution is 2.24. The third-order valence-corrected chi connectivity index (χ3v) is 4.80. The molecule has 112 valence electrons. The number of likely N-dealkylation sites (tertiary alicyclic amines) is 1. The summed E-state index contributed by atoms with van der Waals surface area (Å²) in [5.74, 6) is 1.40. The minimum absolute atomic E-state index is 0.642. The van der Waals surface area contributed by atoms with E-state index in [-0.39, 0.29) is 0 Å². The Bertz CT molecular complexity index is 623. The first-order valence-corrected chi connectivity index (χ1v) is 7.94. The van der Waals surface area contributed by atoms with Gasteiger partial charge in [-0.1, -0.05) is 19.1 Å². The van der Waals surface area contributed by atoms with E-state index >= 15 is 0 Å². The van der Waals surface area contributed by atoms with E-state index in [1.54, 1.807) is 0 Å². The van der Waals surface area contributed by atoms with Gasteiger partial charge in [0.15, 0.2) is 0 Å². The van der Waals surface area contributed by atoms with Crippen molar-refractivity contribution in [2.24, 2.45) is 17.6 Å². The average molecular weight is 283 g/mol. The van der Waals surface area contributed by atoms with Gasteiger partial charge in [-0.05, 0) is 62.0 Å². The largest absolute Gasteiger partial charge is 0.330 e. The van der Waals surface area contributed by atoms with E-state index in [1.807, 2.05) is 6.92 Å². The van der Waals surface area contributed by atoms with E-state index in [2.05, 4.69) is 47.1 Å². The molecule has 0 aliphatic carbocycles. The normalized spacial score (nSPS) is 23.6. The van der Waals surface area contributed by atoms with Crippen LogP contribution in [-0.4, -0.2) is 29.5 Å². The number of fused-ring (bicyclic) bond motifs is 1. The number of rotatable bonds is 3. The molecule has 0 spiro atoms. The summed E-state index contributed by atoms with van der Waals surface area (Å²) < 4.78 is 0. The Balaban J connectivity index is 1.74. The summed E-state index contributed by atoms with van der Waals surface area (Å²) in [6.07, 6.45) is 1.26. The number of benzene rings is 1. The molecule has 0 saturated carbocycles. The van der Waals surface area contributed by atoms with Crippen LogP contribution < -0.4 is 5.73 Å². The Morgan fingerprint density at radius 2 is 2.14 bits per heavy atom. The summed E-state index contributed by atoms with van der Waals surface area (Å²) in [6.45, 7) is 8.50. The molecule has 1 aliphatic heterocycles. The first-order chi connectivity index (χ1) is 10.2. The molecule has 1 aliphatic rings. The lowest BCUT2D eigenvalue weighted by molar-refractivity contribution is 0.126. The molecule has 3 nitrogen and oxygen atoms in total. The summed E-state index contributed by atoms with van der Waals surface area (Å²) in [4.78, 5) is 7.11. The van der Waals surface area contributed by atoms with Crippen LogP contribution in [-0.2, 0) is 6.54 Å². The minimum atomic E-state index is 0.642. The molecule has 3 rings (SSSR count). The van der Waals surface area contributed by atoms with Crippen molar-refractivity contribution in [3.8, 4) is 0 Å². The van der Waals surface area contributed by atoms with Gasteiger partial charge >= 0.3 is 0 Å². The van der Waals surface area contributed by atoms with E-state index < -0.39 is 0 Å². The van der Waals surface area contributed by atoms with Gasteiger partial charge in [0.05, 0.1) is 5.52 Å². The molecule has 1 saturated heterocycles. The zero-order chi connectivity index (χ0) is 14.8. The second-order valence-electron chi connectivity index (χ2n) is 6.48. The highest BCUT2D eigenvalue weighted by Gasteiger charge is 2.24. The fraction of sp³-hybridized carbons (Fsp3) is 0.500. The van der Waals surface area contributed by atoms with E-state index in [0.717, 1.165) is 36.8 Å². The fourth-order valence-electron chi connectivity index (χ4n) is 3.31. The van der Waals surface area contributed by atoms with E-state index in [1.165, 1.54) is 23.9 Å². The van der Waals surface area contributed by atoms with Gasteiger partial charge in [-0.15, -0.1) is 0 Å². The Kier molecular flexibility index (Phi) is 4.22. The van der Waals surface area contributed by atoms with Gasteiger partial charge < -0.3 is 5.73 Å². The molecule has 0 amide bonds. The van der Waals surface area contributed by atoms with Gasteiger partial charge in [0.2, 0.25) is 0 Å². The van der Waals surface area contributed by atoms with Gasteiger partial charge in [0.1, 0.15) is 0 Å². The topological polar surface area (TPSA) is 42.1 Å². The van der Waals surface area contributed by atoms with Crippen LogP contribution >= 0.6 is 0 Å². The molecule has 1 aromatic carbocycles. The maximum Gasteiger partial charge on any atom is 0.0705 e. The van der Waals surface area contributed by atoms with Crippen molar-refractivity contribution >= 4 is 10.9 Å². The number of nitrogens with zero attached hydrogens (tertiary/aromatic N) is 2. The number of hydrogen-bond donors (Lipinski definition) is 1. The number of pyridine rings is 1. The second-order valence-corrected chi connectivity index (χ2v) is 6.48. The minimum Gasteiger partial charge on any atom is -0.330 e. The summed E-state index contributed by atoms with van der Waals surface area (Å²) >= 11 is 0. The number of nitrogens with two attached hydrogens (primary N) is 1. The van der Waals surface area contributed by atoms with Crippen LogP contribution in [0, 0.1) is 18.8 Å². The number of aromatic nitrogens is 1. The molecular weight excluding hydrogens is 258 g/mol. The van der Waals surface area contributed by atoms with Crippen molar-refractivity contribution in [3.05, 3.63) is 41.6 Å². The summed E-state index contributed by atoms with van der Waals surface area (Å²) in [5, 5.41) is 1.24. The predicted molar refractivity (Wildman–Crippen MR) is 88.1 cm³/mol. The standard InChI is InChI=1S/C18H25N3/c1-13-7-8-21(12-17(13)10-19)11-15-4-6-18-16(9-15)5-3-14(2)20-18/h3-6,9,13,17H,7-8,10-12,19H2,1-2H3. The van der Waals surface area contributed by atoms with Gasteiger partial charge in [-0.2, -0.15) is 0 Å². The van der Waals surface area contributed by atoms with Crippen molar-refractivity contribution in [1.82, 2.24) is 9.88 Å². The third kappa shape index (κ3) is 3.25. The Hall–Kier alpha value is -1.45. The first kappa shape index (κ1) is 14.5. The van der Waals surface area contributed by atoms with Crippen molar-refractivity contribution in [3.63, 3.8) is 0 Å². The lowest BCUT2D eigenvalue weighted by Gasteiger charge is -2.36. The monoisotopic (exact) mass is 283 g/mol. The molecule has 2 unspecified atom stereocenters. The molecule has 0 bridgehead atoms. The van der Waals surface area contributed by atoms with Crippen LogP contribution in [0.25, 0.3) is 10.9 Å². The molecule has 3 heteroatoms. The summed E-state index contributed by atoms with van der Waals surface area (Å²) in [7, 11) is 0. The lowest BCUT2D eigenvalue weighted by Crippen LogP contribution is -2.42. The Morgan fingerprint density at radius 3 is 2.95 bits per heavy atom. The van der Waals surface area contributed by atoms with Gasteiger partial charge in [-0.25, -0.2) is 0 Å². The quantitative estimate of drug-likeness (QED) is 0.941. The fourth-order valence-corrected chi connectivity index (χ4v) is 3.31. The molecule has 2 N–H and O–H groups in total. The zero-order valence-electron chi connectivity index (χ0n) is 13.0. The number of aryl methyl sites for hydroxylation is 1. The molecule has 1 fully saturated rings. The average Bonchev–Trinajstić information content (AvgIpc) is 2.49. The second kappa shape index (κ2) is 6.12. The molecule has 21 heavy (non-hydrogen) atoms.